The van der Waals surface area contributed by atoms with Crippen LogP contribution >= 0.6 is 11.6 Å². The molecule has 1 heterocycles. The molecule has 1 unspecified atom stereocenters. The fourth-order valence-corrected chi connectivity index (χ4v) is 1.73. The van der Waals surface area contributed by atoms with Gasteiger partial charge in [0.1, 0.15) is 13.2 Å². The third-order valence-electron chi connectivity index (χ3n) is 2.27. The van der Waals surface area contributed by atoms with Crippen LogP contribution in [0.2, 0.25) is 5.02 Å². The first kappa shape index (κ1) is 11.9. The maximum Gasteiger partial charge on any atom is 0.337 e. The van der Waals surface area contributed by atoms with Gasteiger partial charge in [-0.2, -0.15) is 0 Å². The highest BCUT2D eigenvalue weighted by atomic mass is 35.5. The number of carboxylic acids is 1. The topological polar surface area (TPSA) is 76.0 Å². The summed E-state index contributed by atoms with van der Waals surface area (Å²) in [6.07, 6.45) is -2.05. The minimum atomic E-state index is -2.05. The molecule has 1 atom stereocenters. The zero-order chi connectivity index (χ0) is 12.6. The Morgan fingerprint density at radius 1 is 1.47 bits per heavy atom. The van der Waals surface area contributed by atoms with E-state index < -0.39 is 23.5 Å². The van der Waals surface area contributed by atoms with Crippen LogP contribution in [0.3, 0.4) is 0 Å². The Bertz CT molecular complexity index is 476. The summed E-state index contributed by atoms with van der Waals surface area (Å²) in [5.74, 6) is -2.61. The van der Waals surface area contributed by atoms with Crippen LogP contribution in [-0.2, 0) is 4.79 Å². The zero-order valence-corrected chi connectivity index (χ0v) is 9.20. The molecule has 0 fully saturated rings. The molecule has 2 N–H and O–H groups in total. The van der Waals surface area contributed by atoms with Crippen LogP contribution in [0.4, 0.5) is 4.39 Å². The highest BCUT2D eigenvalue weighted by Gasteiger charge is 2.31. The van der Waals surface area contributed by atoms with E-state index in [-0.39, 0.29) is 29.7 Å². The SMILES string of the molecule is O=C(O)C(O)c1c(F)c(Cl)cc2c1OCCO2. The first-order chi connectivity index (χ1) is 8.02. The van der Waals surface area contributed by atoms with Crippen LogP contribution in [0.1, 0.15) is 11.7 Å². The number of aliphatic hydroxyl groups excluding tert-OH is 1. The van der Waals surface area contributed by atoms with Gasteiger partial charge in [-0.3, -0.25) is 0 Å². The minimum Gasteiger partial charge on any atom is -0.486 e. The van der Waals surface area contributed by atoms with Crippen LogP contribution in [0.25, 0.3) is 0 Å². The maximum absolute atomic E-state index is 13.7. The zero-order valence-electron chi connectivity index (χ0n) is 8.44. The number of aliphatic hydroxyl groups is 1. The number of benzene rings is 1. The lowest BCUT2D eigenvalue weighted by Crippen LogP contribution is -2.21. The normalized spacial score (nSPS) is 15.5. The second-order valence-electron chi connectivity index (χ2n) is 3.35. The van der Waals surface area contributed by atoms with Crippen molar-refractivity contribution in [2.45, 2.75) is 6.10 Å². The highest BCUT2D eigenvalue weighted by Crippen LogP contribution is 2.42. The molecule has 0 saturated carbocycles. The van der Waals surface area contributed by atoms with E-state index in [0.717, 1.165) is 0 Å². The Kier molecular flexibility index (Phi) is 3.08. The second kappa shape index (κ2) is 4.38. The van der Waals surface area contributed by atoms with Crippen molar-refractivity contribution in [3.63, 3.8) is 0 Å². The molecule has 17 heavy (non-hydrogen) atoms. The lowest BCUT2D eigenvalue weighted by atomic mass is 10.1. The number of ether oxygens (including phenoxy) is 2. The summed E-state index contributed by atoms with van der Waals surface area (Å²) in [7, 11) is 0. The standard InChI is InChI=1S/C10H8ClFO5/c11-4-3-5-9(17-2-1-16-5)6(7(4)12)8(13)10(14)15/h3,8,13H,1-2H2,(H,14,15). The monoisotopic (exact) mass is 262 g/mol. The molecule has 0 bridgehead atoms. The van der Waals surface area contributed by atoms with Gasteiger partial charge in [0.25, 0.3) is 0 Å². The minimum absolute atomic E-state index is 0.118. The number of carboxylic acid groups (broad SMARTS) is 1. The van der Waals surface area contributed by atoms with Crippen LogP contribution < -0.4 is 9.47 Å². The van der Waals surface area contributed by atoms with Crippen LogP contribution in [0, 0.1) is 5.82 Å². The van der Waals surface area contributed by atoms with E-state index in [0.29, 0.717) is 0 Å². The molecule has 5 nitrogen and oxygen atoms in total. The number of rotatable bonds is 2. The van der Waals surface area contributed by atoms with Gasteiger partial charge in [-0.05, 0) is 0 Å². The Morgan fingerprint density at radius 3 is 2.76 bits per heavy atom. The molecular formula is C10H8ClFO5. The Balaban J connectivity index is 2.62. The number of aliphatic carboxylic acids is 1. The summed E-state index contributed by atoms with van der Waals surface area (Å²) in [5, 5.41) is 17.8. The largest absolute Gasteiger partial charge is 0.486 e. The van der Waals surface area contributed by atoms with Gasteiger partial charge in [-0.25, -0.2) is 9.18 Å². The second-order valence-corrected chi connectivity index (χ2v) is 3.76. The van der Waals surface area contributed by atoms with E-state index in [9.17, 15) is 14.3 Å². The molecule has 0 aliphatic carbocycles. The Morgan fingerprint density at radius 2 is 2.12 bits per heavy atom. The third kappa shape index (κ3) is 2.01. The number of hydrogen-bond donors (Lipinski definition) is 2. The molecule has 0 radical (unpaired) electrons. The molecule has 92 valence electrons. The first-order valence-corrected chi connectivity index (χ1v) is 5.08. The van der Waals surface area contributed by atoms with Crippen molar-refractivity contribution in [3.05, 3.63) is 22.5 Å². The van der Waals surface area contributed by atoms with Crippen molar-refractivity contribution in [2.24, 2.45) is 0 Å². The molecule has 0 amide bonds. The van der Waals surface area contributed by atoms with Gasteiger partial charge in [-0.1, -0.05) is 11.6 Å². The van der Waals surface area contributed by atoms with Gasteiger partial charge in [-0.15, -0.1) is 0 Å². The smallest absolute Gasteiger partial charge is 0.337 e. The Labute approximate surface area is 100 Å². The summed E-state index contributed by atoms with van der Waals surface area (Å²) in [6.45, 7) is 0.394. The number of fused-ring (bicyclic) bond motifs is 1. The summed E-state index contributed by atoms with van der Waals surface area (Å²) in [5.41, 5.74) is -0.514. The third-order valence-corrected chi connectivity index (χ3v) is 2.54. The van der Waals surface area contributed by atoms with Crippen molar-refractivity contribution in [1.29, 1.82) is 0 Å². The molecule has 1 aliphatic rings. The molecule has 7 heteroatoms. The van der Waals surface area contributed by atoms with Crippen LogP contribution in [-0.4, -0.2) is 29.4 Å². The first-order valence-electron chi connectivity index (χ1n) is 4.70. The fraction of sp³-hybridized carbons (Fsp3) is 0.300. The van der Waals surface area contributed by atoms with Gasteiger partial charge in [0, 0.05) is 6.07 Å². The average Bonchev–Trinajstić information content (AvgIpc) is 2.30. The van der Waals surface area contributed by atoms with Crippen molar-refractivity contribution >= 4 is 17.6 Å². The van der Waals surface area contributed by atoms with Gasteiger partial charge >= 0.3 is 5.97 Å². The quantitative estimate of drug-likeness (QED) is 0.842. The van der Waals surface area contributed by atoms with Gasteiger partial charge < -0.3 is 19.7 Å². The molecule has 0 aromatic heterocycles. The van der Waals surface area contributed by atoms with Gasteiger partial charge in [0.2, 0.25) is 0 Å². The Hall–Kier alpha value is -1.53. The summed E-state index contributed by atoms with van der Waals surface area (Å²) < 4.78 is 24.0. The molecular weight excluding hydrogens is 255 g/mol. The molecule has 0 spiro atoms. The highest BCUT2D eigenvalue weighted by molar-refractivity contribution is 6.31. The predicted octanol–water partition coefficient (Wildman–Crippen LogP) is 1.37. The lowest BCUT2D eigenvalue weighted by molar-refractivity contribution is -0.147. The fourth-order valence-electron chi connectivity index (χ4n) is 1.52. The van der Waals surface area contributed by atoms with Crippen LogP contribution in [0.5, 0.6) is 11.5 Å². The van der Waals surface area contributed by atoms with Gasteiger partial charge in [0.05, 0.1) is 10.6 Å². The maximum atomic E-state index is 13.7. The van der Waals surface area contributed by atoms with Crippen molar-refractivity contribution in [3.8, 4) is 11.5 Å². The van der Waals surface area contributed by atoms with E-state index in [1.165, 1.54) is 6.07 Å². The van der Waals surface area contributed by atoms with E-state index >= 15 is 0 Å². The van der Waals surface area contributed by atoms with Crippen molar-refractivity contribution in [1.82, 2.24) is 0 Å². The van der Waals surface area contributed by atoms with Gasteiger partial charge in [0.15, 0.2) is 23.4 Å². The number of carbonyl (C=O) groups is 1. The van der Waals surface area contributed by atoms with Crippen molar-refractivity contribution < 1.29 is 28.9 Å². The number of halogens is 2. The van der Waals surface area contributed by atoms with Crippen LogP contribution in [0.15, 0.2) is 6.07 Å². The number of hydrogen-bond acceptors (Lipinski definition) is 4. The summed E-state index contributed by atoms with van der Waals surface area (Å²) in [4.78, 5) is 10.7. The molecule has 0 saturated heterocycles. The lowest BCUT2D eigenvalue weighted by Gasteiger charge is -2.23. The molecule has 1 aromatic rings. The molecule has 1 aromatic carbocycles. The van der Waals surface area contributed by atoms with E-state index in [1.54, 1.807) is 0 Å². The van der Waals surface area contributed by atoms with E-state index in [2.05, 4.69) is 0 Å². The van der Waals surface area contributed by atoms with E-state index in [1.807, 2.05) is 0 Å². The predicted molar refractivity (Wildman–Crippen MR) is 55.0 cm³/mol. The molecule has 1 aliphatic heterocycles. The summed E-state index contributed by atoms with van der Waals surface area (Å²) in [6, 6.07) is 1.18. The van der Waals surface area contributed by atoms with Crippen molar-refractivity contribution in [2.75, 3.05) is 13.2 Å². The van der Waals surface area contributed by atoms with E-state index in [4.69, 9.17) is 26.2 Å². The average molecular weight is 263 g/mol. The molecule has 2 rings (SSSR count). The summed E-state index contributed by atoms with van der Waals surface area (Å²) >= 11 is 5.58.